The van der Waals surface area contributed by atoms with E-state index in [9.17, 15) is 22.0 Å². The van der Waals surface area contributed by atoms with Gasteiger partial charge in [-0.25, -0.2) is 17.2 Å². The molecule has 4 nitrogen and oxygen atoms in total. The SMILES string of the molecule is O=C(c1ccc(F)cc1Cl)N1CCC(c2ccccc2F)S(=O)(=O)CC1. The number of sulfone groups is 1. The van der Waals surface area contributed by atoms with Gasteiger partial charge in [-0.1, -0.05) is 29.8 Å². The zero-order valence-corrected chi connectivity index (χ0v) is 15.2. The van der Waals surface area contributed by atoms with Crippen molar-refractivity contribution in [2.24, 2.45) is 0 Å². The first-order valence-corrected chi connectivity index (χ1v) is 10.1. The molecule has 2 aromatic carbocycles. The minimum absolute atomic E-state index is 0.0280. The Kier molecular flexibility index (Phi) is 5.29. The standard InChI is InChI=1S/C18H16ClF2NO3S/c19-15-11-12(20)5-6-13(15)18(23)22-8-7-17(26(24,25)10-9-22)14-3-1-2-4-16(14)21/h1-6,11,17H,7-10H2. The summed E-state index contributed by atoms with van der Waals surface area (Å²) >= 11 is 5.93. The monoisotopic (exact) mass is 399 g/mol. The zero-order chi connectivity index (χ0) is 18.9. The van der Waals surface area contributed by atoms with Gasteiger partial charge in [0.15, 0.2) is 9.84 Å². The molecule has 1 amide bonds. The number of benzene rings is 2. The molecule has 0 saturated carbocycles. The van der Waals surface area contributed by atoms with Crippen molar-refractivity contribution in [1.82, 2.24) is 4.90 Å². The van der Waals surface area contributed by atoms with Gasteiger partial charge in [0.25, 0.3) is 5.91 Å². The summed E-state index contributed by atoms with van der Waals surface area (Å²) < 4.78 is 52.4. The maximum absolute atomic E-state index is 14.1. The molecule has 0 spiro atoms. The molecule has 26 heavy (non-hydrogen) atoms. The van der Waals surface area contributed by atoms with Crippen LogP contribution in [0.2, 0.25) is 5.02 Å². The van der Waals surface area contributed by atoms with Gasteiger partial charge in [-0.05, 0) is 30.7 Å². The molecule has 1 atom stereocenters. The highest BCUT2D eigenvalue weighted by molar-refractivity contribution is 7.91. The average Bonchev–Trinajstić information content (AvgIpc) is 2.73. The fourth-order valence-corrected chi connectivity index (χ4v) is 5.12. The molecule has 0 aromatic heterocycles. The van der Waals surface area contributed by atoms with E-state index in [1.54, 1.807) is 6.07 Å². The molecule has 8 heteroatoms. The second-order valence-electron chi connectivity index (χ2n) is 6.08. The topological polar surface area (TPSA) is 54.5 Å². The van der Waals surface area contributed by atoms with Crippen molar-refractivity contribution < 1.29 is 22.0 Å². The molecule has 0 bridgehead atoms. The number of carbonyl (C=O) groups excluding carboxylic acids is 1. The Labute approximate surface area is 155 Å². The van der Waals surface area contributed by atoms with Crippen molar-refractivity contribution in [3.63, 3.8) is 0 Å². The van der Waals surface area contributed by atoms with Gasteiger partial charge in [0.1, 0.15) is 11.6 Å². The number of nitrogens with zero attached hydrogens (tertiary/aromatic N) is 1. The zero-order valence-electron chi connectivity index (χ0n) is 13.7. The summed E-state index contributed by atoms with van der Waals surface area (Å²) in [5, 5.41) is -1.04. The smallest absolute Gasteiger partial charge is 0.255 e. The first-order chi connectivity index (χ1) is 12.3. The van der Waals surface area contributed by atoms with Crippen molar-refractivity contribution in [3.05, 3.63) is 70.2 Å². The third-order valence-corrected chi connectivity index (χ3v) is 6.86. The van der Waals surface area contributed by atoms with Gasteiger partial charge < -0.3 is 4.90 Å². The van der Waals surface area contributed by atoms with Crippen LogP contribution in [0.15, 0.2) is 42.5 Å². The van der Waals surface area contributed by atoms with Crippen LogP contribution in [0.25, 0.3) is 0 Å². The Balaban J connectivity index is 1.87. The molecule has 1 unspecified atom stereocenters. The van der Waals surface area contributed by atoms with E-state index in [4.69, 9.17) is 11.6 Å². The van der Waals surface area contributed by atoms with Crippen molar-refractivity contribution in [1.29, 1.82) is 0 Å². The van der Waals surface area contributed by atoms with Crippen molar-refractivity contribution in [2.75, 3.05) is 18.8 Å². The van der Waals surface area contributed by atoms with Gasteiger partial charge in [-0.2, -0.15) is 0 Å². The Bertz CT molecular complexity index is 949. The lowest BCUT2D eigenvalue weighted by Gasteiger charge is -2.20. The van der Waals surface area contributed by atoms with Crippen molar-refractivity contribution in [3.8, 4) is 0 Å². The van der Waals surface area contributed by atoms with Crippen LogP contribution < -0.4 is 0 Å². The molecule has 0 N–H and O–H groups in total. The number of rotatable bonds is 2. The molecular weight excluding hydrogens is 384 g/mol. The van der Waals surface area contributed by atoms with Crippen LogP contribution in [0.4, 0.5) is 8.78 Å². The lowest BCUT2D eigenvalue weighted by molar-refractivity contribution is 0.0766. The Hall–Kier alpha value is -1.99. The molecule has 1 aliphatic rings. The number of hydrogen-bond donors (Lipinski definition) is 0. The highest BCUT2D eigenvalue weighted by Crippen LogP contribution is 2.32. The first-order valence-electron chi connectivity index (χ1n) is 8.00. The second kappa shape index (κ2) is 7.32. The van der Waals surface area contributed by atoms with Crippen LogP contribution in [-0.4, -0.2) is 38.1 Å². The molecule has 1 aliphatic heterocycles. The van der Waals surface area contributed by atoms with Crippen LogP contribution in [0, 0.1) is 11.6 Å². The van der Waals surface area contributed by atoms with E-state index in [0.29, 0.717) is 0 Å². The molecule has 1 saturated heterocycles. The van der Waals surface area contributed by atoms with E-state index in [1.807, 2.05) is 0 Å². The van der Waals surface area contributed by atoms with Gasteiger partial charge in [0.05, 0.1) is 21.6 Å². The highest BCUT2D eigenvalue weighted by Gasteiger charge is 2.34. The summed E-state index contributed by atoms with van der Waals surface area (Å²) in [6.07, 6.45) is 0.0772. The summed E-state index contributed by atoms with van der Waals surface area (Å²) in [5.74, 6) is -1.90. The van der Waals surface area contributed by atoms with Gasteiger partial charge in [-0.3, -0.25) is 4.79 Å². The molecule has 0 radical (unpaired) electrons. The van der Waals surface area contributed by atoms with Gasteiger partial charge in [0, 0.05) is 18.7 Å². The number of hydrogen-bond acceptors (Lipinski definition) is 3. The van der Waals surface area contributed by atoms with Gasteiger partial charge in [-0.15, -0.1) is 0 Å². The Morgan fingerprint density at radius 1 is 1.12 bits per heavy atom. The summed E-state index contributed by atoms with van der Waals surface area (Å²) in [7, 11) is -3.63. The average molecular weight is 400 g/mol. The van der Waals surface area contributed by atoms with E-state index in [0.717, 1.165) is 12.1 Å². The number of halogens is 3. The van der Waals surface area contributed by atoms with E-state index >= 15 is 0 Å². The Morgan fingerprint density at radius 2 is 1.85 bits per heavy atom. The second-order valence-corrected chi connectivity index (χ2v) is 8.79. The molecular formula is C18H16ClF2NO3S. The molecule has 1 heterocycles. The molecule has 1 fully saturated rings. The third kappa shape index (κ3) is 3.73. The van der Waals surface area contributed by atoms with E-state index in [2.05, 4.69) is 0 Å². The first kappa shape index (κ1) is 18.8. The van der Waals surface area contributed by atoms with Crippen LogP contribution in [0.5, 0.6) is 0 Å². The minimum atomic E-state index is -3.63. The van der Waals surface area contributed by atoms with Gasteiger partial charge >= 0.3 is 0 Å². The number of amides is 1. The van der Waals surface area contributed by atoms with Crippen LogP contribution in [0.3, 0.4) is 0 Å². The molecule has 2 aromatic rings. The number of carbonyl (C=O) groups is 1. The fourth-order valence-electron chi connectivity index (χ4n) is 3.07. The molecule has 138 valence electrons. The summed E-state index contributed by atoms with van der Waals surface area (Å²) in [4.78, 5) is 14.0. The third-order valence-electron chi connectivity index (χ3n) is 4.44. The predicted molar refractivity (Wildman–Crippen MR) is 94.9 cm³/mol. The summed E-state index contributed by atoms with van der Waals surface area (Å²) in [5.41, 5.74) is 0.219. The van der Waals surface area contributed by atoms with E-state index in [1.165, 1.54) is 29.2 Å². The van der Waals surface area contributed by atoms with Crippen molar-refractivity contribution in [2.45, 2.75) is 11.7 Å². The largest absolute Gasteiger partial charge is 0.338 e. The predicted octanol–water partition coefficient (Wildman–Crippen LogP) is 3.62. The lowest BCUT2D eigenvalue weighted by Crippen LogP contribution is -2.33. The van der Waals surface area contributed by atoms with Crippen LogP contribution in [0.1, 0.15) is 27.6 Å². The van der Waals surface area contributed by atoms with Gasteiger partial charge in [0.2, 0.25) is 0 Å². The Morgan fingerprint density at radius 3 is 2.54 bits per heavy atom. The normalized spacial score (nSPS) is 19.8. The fraction of sp³-hybridized carbons (Fsp3) is 0.278. The quantitative estimate of drug-likeness (QED) is 0.775. The van der Waals surface area contributed by atoms with E-state index < -0.39 is 32.6 Å². The molecule has 0 aliphatic carbocycles. The lowest BCUT2D eigenvalue weighted by atomic mass is 10.1. The van der Waals surface area contributed by atoms with Crippen LogP contribution >= 0.6 is 11.6 Å². The van der Waals surface area contributed by atoms with Crippen LogP contribution in [-0.2, 0) is 9.84 Å². The summed E-state index contributed by atoms with van der Waals surface area (Å²) in [6.45, 7) is 0.102. The van der Waals surface area contributed by atoms with E-state index in [-0.39, 0.29) is 41.4 Å². The molecule has 3 rings (SSSR count). The maximum Gasteiger partial charge on any atom is 0.255 e. The summed E-state index contributed by atoms with van der Waals surface area (Å²) in [6, 6.07) is 9.17. The maximum atomic E-state index is 14.1. The highest BCUT2D eigenvalue weighted by atomic mass is 35.5. The minimum Gasteiger partial charge on any atom is -0.338 e. The van der Waals surface area contributed by atoms with Crippen molar-refractivity contribution >= 4 is 27.3 Å².